The van der Waals surface area contributed by atoms with Crippen LogP contribution < -0.4 is 10.2 Å². The molecule has 0 saturated carbocycles. The number of fused-ring (bicyclic) bond motifs is 3. The molecule has 3 aliphatic heterocycles. The number of H-pyrrole nitrogens is 1. The molecule has 0 aliphatic carbocycles. The fourth-order valence-corrected chi connectivity index (χ4v) is 10.0. The summed E-state index contributed by atoms with van der Waals surface area (Å²) in [6.45, 7) is 10.8. The van der Waals surface area contributed by atoms with E-state index in [4.69, 9.17) is 4.52 Å². The number of amides is 2. The number of aromatic hydroxyl groups is 1. The summed E-state index contributed by atoms with van der Waals surface area (Å²) in [5.41, 5.74) is 9.42. The van der Waals surface area contributed by atoms with Crippen molar-refractivity contribution < 1.29 is 24.3 Å². The van der Waals surface area contributed by atoms with Gasteiger partial charge in [0.1, 0.15) is 17.7 Å². The van der Waals surface area contributed by atoms with E-state index in [0.29, 0.717) is 29.5 Å². The zero-order chi connectivity index (χ0) is 41.5. The smallest absolute Gasteiger partial charge is 0.243 e. The van der Waals surface area contributed by atoms with Crippen LogP contribution in [0, 0.1) is 18.8 Å². The van der Waals surface area contributed by atoms with Gasteiger partial charge in [-0.15, -0.1) is 21.5 Å². The average Bonchev–Trinajstić information content (AvgIpc) is 4.07. The molecule has 6 aromatic rings. The van der Waals surface area contributed by atoms with Crippen molar-refractivity contribution in [2.24, 2.45) is 11.8 Å². The number of aryl methyl sites for hydroxylation is 1. The van der Waals surface area contributed by atoms with Crippen LogP contribution in [0.3, 0.4) is 0 Å². The van der Waals surface area contributed by atoms with E-state index in [1.54, 1.807) is 23.5 Å². The number of thiazole rings is 1. The highest BCUT2D eigenvalue weighted by Gasteiger charge is 2.43. The predicted octanol–water partition coefficient (Wildman–Crippen LogP) is 6.04. The SMILES string of the molecule is Cc1ncsc1-c1ccc(CNC(=O)[C@@H]2C[C@@H](O)CN2C(=O)[C@@H](c2cc(N3CCC(CN4CCc5[nH]c6nnc(-c7ccccc7O)cc6c5C4)CC3)no2)C(C)C)cc1. The highest BCUT2D eigenvalue weighted by molar-refractivity contribution is 7.13. The number of hydrogen-bond donors (Lipinski definition) is 4. The Kier molecular flexibility index (Phi) is 11.1. The number of rotatable bonds is 11. The number of hydrogen-bond acceptors (Lipinski definition) is 12. The number of aromatic nitrogens is 5. The summed E-state index contributed by atoms with van der Waals surface area (Å²) in [5.74, 6) is 0.600. The first kappa shape index (κ1) is 39.8. The van der Waals surface area contributed by atoms with Crippen molar-refractivity contribution in [2.75, 3.05) is 37.6 Å². The number of piperidine rings is 1. The van der Waals surface area contributed by atoms with Crippen LogP contribution >= 0.6 is 11.3 Å². The molecule has 2 aromatic carbocycles. The Hall–Kier alpha value is -5.64. The number of aliphatic hydroxyl groups is 1. The van der Waals surface area contributed by atoms with Gasteiger partial charge < -0.3 is 34.8 Å². The number of anilines is 1. The third-order valence-corrected chi connectivity index (χ3v) is 13.5. The van der Waals surface area contributed by atoms with E-state index < -0.39 is 18.1 Å². The maximum atomic E-state index is 14.3. The molecule has 4 aromatic heterocycles. The Morgan fingerprint density at radius 1 is 1.05 bits per heavy atom. The van der Waals surface area contributed by atoms with Gasteiger partial charge in [-0.05, 0) is 66.5 Å². The molecule has 0 spiro atoms. The van der Waals surface area contributed by atoms with Crippen LogP contribution in [-0.4, -0.2) is 102 Å². The van der Waals surface area contributed by atoms with Crippen LogP contribution in [-0.2, 0) is 29.1 Å². The molecule has 15 heteroatoms. The summed E-state index contributed by atoms with van der Waals surface area (Å²) in [6.07, 6.45) is 2.31. The third kappa shape index (κ3) is 8.00. The number of aromatic amines is 1. The number of nitrogens with one attached hydrogen (secondary N) is 2. The quantitative estimate of drug-likeness (QED) is 0.120. The van der Waals surface area contributed by atoms with Crippen LogP contribution in [0.2, 0.25) is 0 Å². The van der Waals surface area contributed by atoms with Gasteiger partial charge in [0.25, 0.3) is 0 Å². The molecule has 2 saturated heterocycles. The van der Waals surface area contributed by atoms with Crippen molar-refractivity contribution in [3.63, 3.8) is 0 Å². The lowest BCUT2D eigenvalue weighted by molar-refractivity contribution is -0.141. The first-order chi connectivity index (χ1) is 29.1. The summed E-state index contributed by atoms with van der Waals surface area (Å²) in [4.78, 5) is 43.0. The lowest BCUT2D eigenvalue weighted by Gasteiger charge is -2.36. The van der Waals surface area contributed by atoms with Crippen molar-refractivity contribution in [1.29, 1.82) is 0 Å². The monoisotopic (exact) mass is 829 g/mol. The Bertz CT molecular complexity index is 2490. The number of phenols is 1. The fraction of sp³-hybridized carbons (Fsp3) is 0.422. The first-order valence-corrected chi connectivity index (χ1v) is 21.8. The molecule has 9 rings (SSSR count). The third-order valence-electron chi connectivity index (χ3n) is 12.5. The molecule has 2 amide bonds. The summed E-state index contributed by atoms with van der Waals surface area (Å²) in [5, 5.41) is 38.5. The predicted molar refractivity (Wildman–Crippen MR) is 229 cm³/mol. The number of β-amino-alcohol motifs (C(OH)–C–C–N with tert-alkyl or cyclic N) is 1. The second-order valence-electron chi connectivity index (χ2n) is 16.9. The van der Waals surface area contributed by atoms with Gasteiger partial charge in [-0.25, -0.2) is 4.98 Å². The normalized spacial score (nSPS) is 19.3. The number of carbonyl (C=O) groups is 2. The molecule has 0 bridgehead atoms. The zero-order valence-electron chi connectivity index (χ0n) is 34.2. The second-order valence-corrected chi connectivity index (χ2v) is 17.7. The van der Waals surface area contributed by atoms with Crippen molar-refractivity contribution >= 4 is 40.0 Å². The lowest BCUT2D eigenvalue weighted by Crippen LogP contribution is -2.48. The minimum absolute atomic E-state index is 0.0869. The van der Waals surface area contributed by atoms with Gasteiger partial charge in [0.2, 0.25) is 11.8 Å². The summed E-state index contributed by atoms with van der Waals surface area (Å²) >= 11 is 1.60. The van der Waals surface area contributed by atoms with Crippen molar-refractivity contribution in [3.8, 4) is 27.4 Å². The van der Waals surface area contributed by atoms with Gasteiger partial charge in [0.05, 0.1) is 27.9 Å². The minimum Gasteiger partial charge on any atom is -0.507 e. The lowest BCUT2D eigenvalue weighted by atomic mass is 9.91. The van der Waals surface area contributed by atoms with Crippen LogP contribution in [0.25, 0.3) is 32.7 Å². The number of carbonyl (C=O) groups excluding carboxylic acids is 2. The Labute approximate surface area is 352 Å². The summed E-state index contributed by atoms with van der Waals surface area (Å²) < 4.78 is 5.91. The molecule has 2 fully saturated rings. The highest BCUT2D eigenvalue weighted by Crippen LogP contribution is 2.36. The Morgan fingerprint density at radius 3 is 2.60 bits per heavy atom. The topological polar surface area (TPSA) is 177 Å². The molecule has 0 radical (unpaired) electrons. The summed E-state index contributed by atoms with van der Waals surface area (Å²) in [6, 6.07) is 18.4. The van der Waals surface area contributed by atoms with E-state index in [-0.39, 0.29) is 36.4 Å². The molecule has 0 unspecified atom stereocenters. The van der Waals surface area contributed by atoms with Gasteiger partial charge in [-0.1, -0.05) is 55.4 Å². The number of aliphatic hydroxyl groups excluding tert-OH is 1. The van der Waals surface area contributed by atoms with Crippen molar-refractivity contribution in [3.05, 3.63) is 94.4 Å². The van der Waals surface area contributed by atoms with Crippen molar-refractivity contribution in [1.82, 2.24) is 40.4 Å². The van der Waals surface area contributed by atoms with Gasteiger partial charge in [0, 0.05) is 81.4 Å². The second kappa shape index (κ2) is 16.8. The highest BCUT2D eigenvalue weighted by atomic mass is 32.1. The summed E-state index contributed by atoms with van der Waals surface area (Å²) in [7, 11) is 0. The number of benzene rings is 2. The van der Waals surface area contributed by atoms with Crippen LogP contribution in [0.1, 0.15) is 67.3 Å². The zero-order valence-corrected chi connectivity index (χ0v) is 35.0. The Balaban J connectivity index is 0.801. The van der Waals surface area contributed by atoms with Crippen LogP contribution in [0.4, 0.5) is 5.82 Å². The fourth-order valence-electron chi connectivity index (χ4n) is 9.20. The van der Waals surface area contributed by atoms with Crippen LogP contribution in [0.5, 0.6) is 5.75 Å². The molecule has 4 N–H and O–H groups in total. The number of likely N-dealkylation sites (tertiary alicyclic amines) is 1. The van der Waals surface area contributed by atoms with E-state index in [2.05, 4.69) is 40.4 Å². The molecule has 3 aliphatic rings. The van der Waals surface area contributed by atoms with E-state index in [1.165, 1.54) is 16.2 Å². The molecular formula is C45H51N9O5S. The number of phenolic OH excluding ortho intramolecular Hbond substituents is 1. The maximum Gasteiger partial charge on any atom is 0.243 e. The van der Waals surface area contributed by atoms with E-state index in [0.717, 1.165) is 90.5 Å². The van der Waals surface area contributed by atoms with Gasteiger partial charge in [-0.3, -0.25) is 14.5 Å². The van der Waals surface area contributed by atoms with Crippen molar-refractivity contribution in [2.45, 2.75) is 77.6 Å². The van der Waals surface area contributed by atoms with Gasteiger partial charge in [-0.2, -0.15) is 0 Å². The molecule has 14 nitrogen and oxygen atoms in total. The molecule has 312 valence electrons. The van der Waals surface area contributed by atoms with E-state index in [1.807, 2.05) is 74.8 Å². The maximum absolute atomic E-state index is 14.3. The van der Waals surface area contributed by atoms with Gasteiger partial charge in [0.15, 0.2) is 17.2 Å². The minimum atomic E-state index is -0.794. The molecule has 60 heavy (non-hydrogen) atoms. The molecule has 3 atom stereocenters. The van der Waals surface area contributed by atoms with Gasteiger partial charge >= 0.3 is 0 Å². The van der Waals surface area contributed by atoms with Crippen LogP contribution in [0.15, 0.2) is 70.7 Å². The van der Waals surface area contributed by atoms with E-state index >= 15 is 0 Å². The standard InChI is InChI=1S/C45H51N9O5S/c1-26(2)41(45(58)54-23-31(55)18-37(54)44(57)46-21-28-8-10-30(11-9-28)42-27(3)47-25-60-42)39-20-40(51-59-39)53-16-12-29(13-17-53)22-52-15-14-35-34(24-52)33-19-36(49-50-43(33)48-35)32-6-4-5-7-38(32)56/h4-11,19-20,25-26,29,31,37,41,55-56H,12-18,21-24H2,1-3H3,(H,46,57)(H,48,50)/t31-,37+,41-/m1/s1. The molecule has 7 heterocycles. The number of nitrogens with zero attached hydrogens (tertiary/aromatic N) is 7. The Morgan fingerprint density at radius 2 is 1.85 bits per heavy atom. The van der Waals surface area contributed by atoms with E-state index in [9.17, 15) is 19.8 Å². The first-order valence-electron chi connectivity index (χ1n) is 20.9. The average molecular weight is 830 g/mol. The molecular weight excluding hydrogens is 779 g/mol. The largest absolute Gasteiger partial charge is 0.507 e. The number of para-hydroxylation sites is 1.